The topological polar surface area (TPSA) is 12.0 Å². The zero-order valence-electron chi connectivity index (χ0n) is 6.22. The summed E-state index contributed by atoms with van der Waals surface area (Å²) in [6.45, 7) is 2.44. The normalized spacial score (nSPS) is 14.4. The van der Waals surface area contributed by atoms with Crippen LogP contribution in [0.1, 0.15) is 13.8 Å². The molecule has 11 heavy (non-hydrogen) atoms. The van der Waals surface area contributed by atoms with Gasteiger partial charge >= 0.3 is 6.18 Å². The van der Waals surface area contributed by atoms with Crippen molar-refractivity contribution in [2.45, 2.75) is 20.0 Å². The van der Waals surface area contributed by atoms with Gasteiger partial charge in [-0.15, -0.1) is 0 Å². The van der Waals surface area contributed by atoms with Crippen molar-refractivity contribution in [1.29, 1.82) is 0 Å². The van der Waals surface area contributed by atoms with Gasteiger partial charge in [0.2, 0.25) is 0 Å². The summed E-state index contributed by atoms with van der Waals surface area (Å²) in [6.07, 6.45) is -4.22. The van der Waals surface area contributed by atoms with Gasteiger partial charge in [-0.05, 0) is 13.8 Å². The van der Waals surface area contributed by atoms with Gasteiger partial charge in [-0.25, -0.2) is 0 Å². The molecule has 0 atom stereocenters. The Labute approximate surface area is 71.8 Å². The average Bonchev–Trinajstić information content (AvgIpc) is 1.85. The molecule has 0 saturated heterocycles. The summed E-state index contributed by atoms with van der Waals surface area (Å²) >= 11 is 2.97. The lowest BCUT2D eigenvalue weighted by atomic mass is 10.2. The van der Waals surface area contributed by atoms with Gasteiger partial charge in [-0.3, -0.25) is 0 Å². The van der Waals surface area contributed by atoms with Gasteiger partial charge in [0.25, 0.3) is 0 Å². The van der Waals surface area contributed by atoms with Crippen molar-refractivity contribution in [3.8, 4) is 0 Å². The molecule has 0 amide bonds. The molecule has 5 heteroatoms. The largest absolute Gasteiger partial charge is 0.414 e. The predicted molar refractivity (Wildman–Crippen MR) is 41.4 cm³/mol. The molecule has 0 saturated carbocycles. The molecule has 0 unspecified atom stereocenters. The summed E-state index contributed by atoms with van der Waals surface area (Å²) in [5, 5.41) is 2.53. The molecule has 0 aromatic carbocycles. The quantitative estimate of drug-likeness (QED) is 0.570. The van der Waals surface area contributed by atoms with Crippen molar-refractivity contribution < 1.29 is 13.2 Å². The fourth-order valence-corrected chi connectivity index (χ4v) is 0.866. The van der Waals surface area contributed by atoms with Crippen molar-refractivity contribution >= 4 is 15.9 Å². The molecule has 66 valence electrons. The third kappa shape index (κ3) is 3.65. The predicted octanol–water partition coefficient (Wildman–Crippen LogP) is 2.78. The van der Waals surface area contributed by atoms with E-state index < -0.39 is 11.7 Å². The van der Waals surface area contributed by atoms with Gasteiger partial charge in [0.1, 0.15) is 0 Å². The number of alkyl halides is 4. The summed E-state index contributed by atoms with van der Waals surface area (Å²) < 4.78 is 35.7. The number of halogens is 4. The summed E-state index contributed by atoms with van der Waals surface area (Å²) in [4.78, 5) is 0. The molecular weight excluding hydrogens is 223 g/mol. The Balaban J connectivity index is 4.39. The van der Waals surface area contributed by atoms with Crippen LogP contribution in [0.15, 0.2) is 11.3 Å². The second-order valence-electron chi connectivity index (χ2n) is 2.06. The van der Waals surface area contributed by atoms with E-state index in [1.807, 2.05) is 0 Å². The van der Waals surface area contributed by atoms with Gasteiger partial charge in [0.15, 0.2) is 0 Å². The number of allylic oxidation sites excluding steroid dienone is 2. The molecule has 0 heterocycles. The second kappa shape index (κ2) is 3.99. The van der Waals surface area contributed by atoms with Crippen LogP contribution in [0.4, 0.5) is 13.2 Å². The van der Waals surface area contributed by atoms with Crippen LogP contribution in [-0.2, 0) is 0 Å². The SMILES string of the molecule is C/C(NCBr)=C(\C)C(F)(F)F. The second-order valence-corrected chi connectivity index (χ2v) is 2.62. The highest BCUT2D eigenvalue weighted by Gasteiger charge is 2.31. The minimum absolute atomic E-state index is 0.148. The minimum atomic E-state index is -4.22. The smallest absolute Gasteiger partial charge is 0.379 e. The monoisotopic (exact) mass is 231 g/mol. The van der Waals surface area contributed by atoms with Crippen LogP contribution in [0.3, 0.4) is 0 Å². The van der Waals surface area contributed by atoms with Gasteiger partial charge in [0, 0.05) is 11.3 Å². The Bertz CT molecular complexity index is 162. The lowest BCUT2D eigenvalue weighted by Gasteiger charge is -2.11. The average molecular weight is 232 g/mol. The molecule has 0 spiro atoms. The molecule has 0 aromatic heterocycles. The molecule has 0 fully saturated rings. The Kier molecular flexibility index (Phi) is 3.92. The molecule has 0 aliphatic rings. The number of hydrogen-bond donors (Lipinski definition) is 1. The Morgan fingerprint density at radius 2 is 1.82 bits per heavy atom. The van der Waals surface area contributed by atoms with Crippen molar-refractivity contribution in [3.05, 3.63) is 11.3 Å². The van der Waals surface area contributed by atoms with E-state index in [4.69, 9.17) is 0 Å². The maximum Gasteiger partial charge on any atom is 0.414 e. The Morgan fingerprint density at radius 3 is 2.09 bits per heavy atom. The maximum absolute atomic E-state index is 11.9. The Hall–Kier alpha value is -0.190. The Morgan fingerprint density at radius 1 is 1.36 bits per heavy atom. The van der Waals surface area contributed by atoms with E-state index in [2.05, 4.69) is 21.2 Å². The first-order valence-corrected chi connectivity index (χ1v) is 4.06. The van der Waals surface area contributed by atoms with E-state index in [0.717, 1.165) is 6.92 Å². The van der Waals surface area contributed by atoms with Crippen LogP contribution >= 0.6 is 15.9 Å². The van der Waals surface area contributed by atoms with E-state index in [1.165, 1.54) is 6.92 Å². The van der Waals surface area contributed by atoms with Crippen LogP contribution in [-0.4, -0.2) is 11.6 Å². The van der Waals surface area contributed by atoms with Crippen LogP contribution in [0.2, 0.25) is 0 Å². The fraction of sp³-hybridized carbons (Fsp3) is 0.667. The lowest BCUT2D eigenvalue weighted by Crippen LogP contribution is -2.18. The fourth-order valence-electron chi connectivity index (χ4n) is 0.445. The van der Waals surface area contributed by atoms with E-state index in [1.54, 1.807) is 0 Å². The third-order valence-electron chi connectivity index (χ3n) is 1.32. The van der Waals surface area contributed by atoms with Gasteiger partial charge in [-0.1, -0.05) is 15.9 Å². The summed E-state index contributed by atoms with van der Waals surface area (Å²) in [5.41, 5.74) is -0.113. The van der Waals surface area contributed by atoms with Crippen molar-refractivity contribution in [2.24, 2.45) is 0 Å². The molecule has 0 aliphatic carbocycles. The molecule has 0 rings (SSSR count). The van der Waals surface area contributed by atoms with Crippen LogP contribution < -0.4 is 5.32 Å². The first-order chi connectivity index (χ1) is 4.89. The van der Waals surface area contributed by atoms with Crippen molar-refractivity contribution in [3.63, 3.8) is 0 Å². The number of nitrogens with one attached hydrogen (secondary N) is 1. The van der Waals surface area contributed by atoms with E-state index in [0.29, 0.717) is 5.45 Å². The van der Waals surface area contributed by atoms with E-state index >= 15 is 0 Å². The summed E-state index contributed by atoms with van der Waals surface area (Å²) in [6, 6.07) is 0. The zero-order valence-corrected chi connectivity index (χ0v) is 7.80. The van der Waals surface area contributed by atoms with Gasteiger partial charge < -0.3 is 5.32 Å². The molecule has 0 aromatic rings. The molecule has 1 nitrogen and oxygen atoms in total. The summed E-state index contributed by atoms with van der Waals surface area (Å²) in [7, 11) is 0. The summed E-state index contributed by atoms with van der Waals surface area (Å²) in [5.74, 6) is 0. The maximum atomic E-state index is 11.9. The van der Waals surface area contributed by atoms with Crippen molar-refractivity contribution in [2.75, 3.05) is 5.45 Å². The van der Waals surface area contributed by atoms with Crippen molar-refractivity contribution in [1.82, 2.24) is 5.32 Å². The van der Waals surface area contributed by atoms with Crippen LogP contribution in [0.25, 0.3) is 0 Å². The van der Waals surface area contributed by atoms with Crippen LogP contribution in [0, 0.1) is 0 Å². The highest BCUT2D eigenvalue weighted by Crippen LogP contribution is 2.26. The zero-order chi connectivity index (χ0) is 9.07. The first-order valence-electron chi connectivity index (χ1n) is 2.94. The molecule has 0 bridgehead atoms. The molecular formula is C6H9BrF3N. The highest BCUT2D eigenvalue weighted by molar-refractivity contribution is 9.09. The molecule has 1 N–H and O–H groups in total. The van der Waals surface area contributed by atoms with Gasteiger partial charge in [0.05, 0.1) is 5.45 Å². The van der Waals surface area contributed by atoms with Gasteiger partial charge in [-0.2, -0.15) is 13.2 Å². The number of rotatable bonds is 2. The third-order valence-corrected chi connectivity index (χ3v) is 1.60. The first kappa shape index (κ1) is 10.8. The van der Waals surface area contributed by atoms with Crippen LogP contribution in [0.5, 0.6) is 0 Å². The standard InChI is InChI=1S/C6H9BrF3N/c1-4(6(8,9)10)5(2)11-3-7/h11H,3H2,1-2H3/b5-4-. The molecule has 0 radical (unpaired) electrons. The molecule has 0 aliphatic heterocycles. The number of hydrogen-bond acceptors (Lipinski definition) is 1. The highest BCUT2D eigenvalue weighted by atomic mass is 79.9. The lowest BCUT2D eigenvalue weighted by molar-refractivity contribution is -0.0924. The van der Waals surface area contributed by atoms with E-state index in [9.17, 15) is 13.2 Å². The minimum Gasteiger partial charge on any atom is -0.379 e. The van der Waals surface area contributed by atoms with E-state index in [-0.39, 0.29) is 5.70 Å².